The number of carboxylic acid groups (broad SMARTS) is 3. The van der Waals surface area contributed by atoms with Crippen molar-refractivity contribution in [2.45, 2.75) is 121 Å². The van der Waals surface area contributed by atoms with E-state index in [1.165, 1.54) is 27.7 Å². The van der Waals surface area contributed by atoms with E-state index in [1.54, 1.807) is 0 Å². The van der Waals surface area contributed by atoms with Gasteiger partial charge in [-0.1, -0.05) is 13.8 Å². The number of hydrogen-bond donors (Lipinski definition) is 16. The van der Waals surface area contributed by atoms with Gasteiger partial charge in [0.15, 0.2) is 0 Å². The lowest BCUT2D eigenvalue weighted by Crippen LogP contribution is -2.60. The van der Waals surface area contributed by atoms with Gasteiger partial charge in [0.2, 0.25) is 59.1 Å². The molecule has 0 spiro atoms. The second-order valence-electron chi connectivity index (χ2n) is 15.1. The van der Waals surface area contributed by atoms with Crippen LogP contribution in [0.3, 0.4) is 0 Å². The van der Waals surface area contributed by atoms with Gasteiger partial charge < -0.3 is 85.5 Å². The van der Waals surface area contributed by atoms with Crippen LogP contribution < -0.4 is 65.1 Å². The molecule has 0 aromatic rings. The van der Waals surface area contributed by atoms with Crippen LogP contribution in [0.4, 0.5) is 0 Å². The number of hydrogen-bond acceptors (Lipinski definition) is 16. The predicted octanol–water partition coefficient (Wildman–Crippen LogP) is -7.94. The summed E-state index contributed by atoms with van der Waals surface area (Å²) in [6.07, 6.45) is -2.33. The molecule has 372 valence electrons. The van der Waals surface area contributed by atoms with Gasteiger partial charge in [0.25, 0.3) is 0 Å². The molecule has 19 N–H and O–H groups in total. The SMILES string of the molecule is CC(C)[C@H](NC(=O)CNC(=O)[C@H](CC(=O)O)NC(=O)[C@H](CCC(=O)O)NC(=O)[C@H](C)N)C(=O)N[C@@H](CO)C(=O)N[C@@H](CC(N)=O)C(=O)N[C@@H](CCCCN)C(=O)NCC(=O)N[C@@H](C)C(=O)O. The lowest BCUT2D eigenvalue weighted by atomic mass is 10.0. The zero-order valence-electron chi connectivity index (χ0n) is 36.8. The van der Waals surface area contributed by atoms with Gasteiger partial charge in [-0.25, -0.2) is 0 Å². The minimum Gasteiger partial charge on any atom is -0.481 e. The van der Waals surface area contributed by atoms with E-state index in [0.29, 0.717) is 6.42 Å². The molecule has 0 heterocycles. The second-order valence-corrected chi connectivity index (χ2v) is 15.1. The van der Waals surface area contributed by atoms with Crippen molar-refractivity contribution in [2.24, 2.45) is 23.1 Å². The Hall–Kier alpha value is -7.01. The number of aliphatic hydroxyl groups excluding tert-OH is 1. The van der Waals surface area contributed by atoms with Crippen LogP contribution in [-0.2, 0) is 62.3 Å². The number of aliphatic carboxylic acids is 3. The average Bonchev–Trinajstić information content (AvgIpc) is 3.22. The Labute approximate surface area is 377 Å². The molecule has 29 nitrogen and oxygen atoms in total. The zero-order valence-corrected chi connectivity index (χ0v) is 36.8. The average molecular weight is 947 g/mol. The minimum atomic E-state index is -1.86. The lowest BCUT2D eigenvalue weighted by Gasteiger charge is -2.26. The first-order valence-electron chi connectivity index (χ1n) is 20.4. The maximum absolute atomic E-state index is 13.4. The number of nitrogens with one attached hydrogen (secondary N) is 9. The van der Waals surface area contributed by atoms with Gasteiger partial charge in [-0.2, -0.15) is 0 Å². The Bertz CT molecular complexity index is 1780. The van der Waals surface area contributed by atoms with Gasteiger partial charge in [0, 0.05) is 6.42 Å². The molecule has 0 bridgehead atoms. The summed E-state index contributed by atoms with van der Waals surface area (Å²) < 4.78 is 0. The minimum absolute atomic E-state index is 0.0491. The number of carboxylic acids is 3. The first kappa shape index (κ1) is 59.0. The topological polar surface area (TPSA) is 489 Å². The number of nitrogens with two attached hydrogens (primary N) is 3. The first-order chi connectivity index (χ1) is 30.7. The van der Waals surface area contributed by atoms with Gasteiger partial charge in [0.1, 0.15) is 42.3 Å². The fraction of sp³-hybridized carbons (Fsp3) is 0.649. The lowest BCUT2D eigenvalue weighted by molar-refractivity contribution is -0.141. The molecule has 10 amide bonds. The normalized spacial score (nSPS) is 14.4. The standard InChI is InChI=1S/C37H62N12O17/c1-16(2)29(49-26(53)14-42-32(60)22(12-28(56)57)47-33(61)20(8-9-27(54)55)44-30(58)17(3)39)36(64)48-23(15-50)35(63)46-21(11-24(40)51)34(62)45-19(7-5-6-10-38)31(59)41-13-25(52)43-18(4)37(65)66/h16-23,29,50H,5-15,38-39H2,1-4H3,(H2,40,51)(H,41,59)(H,42,60)(H,43,52)(H,44,58)(H,45,62)(H,46,63)(H,47,61)(H,48,64)(H,49,53)(H,54,55)(H,56,57)(H,65,66)/t17-,18-,19-,20-,21-,22-,23-,29-/m0/s1. The summed E-state index contributed by atoms with van der Waals surface area (Å²) in [4.78, 5) is 162. The van der Waals surface area contributed by atoms with Crippen LogP contribution >= 0.6 is 0 Å². The van der Waals surface area contributed by atoms with E-state index in [1.807, 2.05) is 0 Å². The Morgan fingerprint density at radius 3 is 1.44 bits per heavy atom. The molecule has 0 rings (SSSR count). The van der Waals surface area contributed by atoms with Crippen LogP contribution in [0.2, 0.25) is 0 Å². The van der Waals surface area contributed by atoms with Gasteiger partial charge in [-0.05, 0) is 52.0 Å². The third kappa shape index (κ3) is 23.6. The Morgan fingerprint density at radius 1 is 0.515 bits per heavy atom. The van der Waals surface area contributed by atoms with Crippen LogP contribution in [0, 0.1) is 5.92 Å². The van der Waals surface area contributed by atoms with E-state index >= 15 is 0 Å². The van der Waals surface area contributed by atoms with Crippen molar-refractivity contribution in [1.82, 2.24) is 47.9 Å². The predicted molar refractivity (Wildman–Crippen MR) is 224 cm³/mol. The van der Waals surface area contributed by atoms with Gasteiger partial charge >= 0.3 is 17.9 Å². The second kappa shape index (κ2) is 30.2. The zero-order chi connectivity index (χ0) is 50.8. The summed E-state index contributed by atoms with van der Waals surface area (Å²) in [5, 5.41) is 57.1. The molecule has 0 saturated heterocycles. The van der Waals surface area contributed by atoms with Gasteiger partial charge in [-0.15, -0.1) is 0 Å². The highest BCUT2D eigenvalue weighted by molar-refractivity contribution is 5.99. The summed E-state index contributed by atoms with van der Waals surface area (Å²) in [7, 11) is 0. The van der Waals surface area contributed by atoms with Crippen molar-refractivity contribution in [3.05, 3.63) is 0 Å². The number of carbonyl (C=O) groups is 13. The van der Waals surface area contributed by atoms with Crippen molar-refractivity contribution < 1.29 is 82.8 Å². The highest BCUT2D eigenvalue weighted by Crippen LogP contribution is 2.06. The highest BCUT2D eigenvalue weighted by Gasteiger charge is 2.34. The molecule has 0 fully saturated rings. The van der Waals surface area contributed by atoms with Crippen molar-refractivity contribution in [3.63, 3.8) is 0 Å². The quantitative estimate of drug-likeness (QED) is 0.0279. The summed E-state index contributed by atoms with van der Waals surface area (Å²) in [6, 6.07) is -12.3. The van der Waals surface area contributed by atoms with Gasteiger partial charge in [-0.3, -0.25) is 62.3 Å². The van der Waals surface area contributed by atoms with Crippen LogP contribution in [0.25, 0.3) is 0 Å². The molecule has 0 aliphatic carbocycles. The third-order valence-electron chi connectivity index (χ3n) is 9.00. The molecule has 0 aromatic carbocycles. The number of unbranched alkanes of at least 4 members (excludes halogenated alkanes) is 1. The van der Waals surface area contributed by atoms with E-state index in [0.717, 1.165) is 0 Å². The molecule has 66 heavy (non-hydrogen) atoms. The molecule has 29 heteroatoms. The highest BCUT2D eigenvalue weighted by atomic mass is 16.4. The maximum atomic E-state index is 13.4. The molecule has 8 atom stereocenters. The maximum Gasteiger partial charge on any atom is 0.325 e. The molecule has 0 radical (unpaired) electrons. The molecular formula is C37H62N12O17. The first-order valence-corrected chi connectivity index (χ1v) is 20.4. The van der Waals surface area contributed by atoms with Crippen LogP contribution in [0.15, 0.2) is 0 Å². The summed E-state index contributed by atoms with van der Waals surface area (Å²) in [5.74, 6) is -15.6. The number of carbonyl (C=O) groups excluding carboxylic acids is 10. The fourth-order valence-corrected chi connectivity index (χ4v) is 5.36. The Balaban J connectivity index is 5.92. The summed E-state index contributed by atoms with van der Waals surface area (Å²) in [6.45, 7) is 2.87. The number of rotatable bonds is 32. The number of amides is 10. The Kier molecular flexibility index (Phi) is 27.0. The van der Waals surface area contributed by atoms with E-state index < -0.39 is 177 Å². The summed E-state index contributed by atoms with van der Waals surface area (Å²) >= 11 is 0. The molecule has 0 unspecified atom stereocenters. The number of primary amides is 1. The van der Waals surface area contributed by atoms with E-state index in [4.69, 9.17) is 27.4 Å². The van der Waals surface area contributed by atoms with E-state index in [2.05, 4.69) is 47.9 Å². The van der Waals surface area contributed by atoms with Crippen molar-refractivity contribution >= 4 is 77.0 Å². The molecule has 0 aromatic heterocycles. The smallest absolute Gasteiger partial charge is 0.325 e. The van der Waals surface area contributed by atoms with E-state index in [9.17, 15) is 72.5 Å². The van der Waals surface area contributed by atoms with Gasteiger partial charge in [0.05, 0.1) is 38.6 Å². The van der Waals surface area contributed by atoms with Crippen molar-refractivity contribution in [1.29, 1.82) is 0 Å². The third-order valence-corrected chi connectivity index (χ3v) is 9.00. The monoisotopic (exact) mass is 946 g/mol. The van der Waals surface area contributed by atoms with E-state index in [-0.39, 0.29) is 19.4 Å². The molecular weight excluding hydrogens is 884 g/mol. The largest absolute Gasteiger partial charge is 0.481 e. The van der Waals surface area contributed by atoms with Crippen LogP contribution in [0.1, 0.15) is 72.6 Å². The molecule has 0 aliphatic heterocycles. The van der Waals surface area contributed by atoms with Crippen molar-refractivity contribution in [3.8, 4) is 0 Å². The fourth-order valence-electron chi connectivity index (χ4n) is 5.36. The van der Waals surface area contributed by atoms with Crippen LogP contribution in [-0.4, -0.2) is 172 Å². The Morgan fingerprint density at radius 2 is 0.970 bits per heavy atom. The van der Waals surface area contributed by atoms with Crippen molar-refractivity contribution in [2.75, 3.05) is 26.2 Å². The molecule has 0 saturated carbocycles. The molecule has 0 aliphatic rings. The van der Waals surface area contributed by atoms with Crippen LogP contribution in [0.5, 0.6) is 0 Å². The summed E-state index contributed by atoms with van der Waals surface area (Å²) in [5.41, 5.74) is 16.3. The number of aliphatic hydroxyl groups is 1.